The second kappa shape index (κ2) is 4.86. The van der Waals surface area contributed by atoms with Crippen LogP contribution in [0, 0.1) is 5.82 Å². The highest BCUT2D eigenvalue weighted by atomic mass is 32.1. The predicted octanol–water partition coefficient (Wildman–Crippen LogP) is 2.83. The second-order valence-corrected chi connectivity index (χ2v) is 4.85. The van der Waals surface area contributed by atoms with Crippen molar-refractivity contribution in [2.24, 2.45) is 0 Å². The van der Waals surface area contributed by atoms with Crippen LogP contribution in [-0.2, 0) is 0 Å². The summed E-state index contributed by atoms with van der Waals surface area (Å²) in [5.74, 6) is -1.44. The zero-order valence-electron chi connectivity index (χ0n) is 10.0. The Morgan fingerprint density at radius 1 is 1.30 bits per heavy atom. The third kappa shape index (κ3) is 2.19. The number of aromatic carboxylic acids is 1. The molecule has 0 saturated heterocycles. The van der Waals surface area contributed by atoms with Crippen molar-refractivity contribution in [1.82, 2.24) is 14.8 Å². The maximum absolute atomic E-state index is 12.9. The Labute approximate surface area is 116 Å². The Morgan fingerprint density at radius 2 is 2.05 bits per heavy atom. The third-order valence-electron chi connectivity index (χ3n) is 2.67. The molecule has 5 nitrogen and oxygen atoms in total. The first kappa shape index (κ1) is 12.5. The topological polar surface area (TPSA) is 68.0 Å². The molecule has 0 aliphatic rings. The van der Waals surface area contributed by atoms with Gasteiger partial charge in [0.1, 0.15) is 22.1 Å². The molecule has 2 aromatic heterocycles. The van der Waals surface area contributed by atoms with Crippen LogP contribution in [0.25, 0.3) is 16.4 Å². The van der Waals surface area contributed by atoms with Crippen LogP contribution >= 0.6 is 11.3 Å². The molecule has 0 atom stereocenters. The largest absolute Gasteiger partial charge is 0.478 e. The summed E-state index contributed by atoms with van der Waals surface area (Å²) >= 11 is 1.31. The predicted molar refractivity (Wildman–Crippen MR) is 71.6 cm³/mol. The number of nitrogens with zero attached hydrogens (tertiary/aromatic N) is 3. The average molecular weight is 289 g/mol. The van der Waals surface area contributed by atoms with Gasteiger partial charge in [0.05, 0.1) is 5.69 Å². The number of hydrogen-bond acceptors (Lipinski definition) is 4. The third-order valence-corrected chi connectivity index (χ3v) is 3.45. The molecule has 2 heterocycles. The van der Waals surface area contributed by atoms with Gasteiger partial charge in [-0.1, -0.05) is 0 Å². The highest BCUT2D eigenvalue weighted by Gasteiger charge is 2.19. The number of aromatic nitrogens is 3. The van der Waals surface area contributed by atoms with E-state index >= 15 is 0 Å². The maximum Gasteiger partial charge on any atom is 0.339 e. The number of thiazole rings is 1. The molecule has 0 radical (unpaired) electrons. The van der Waals surface area contributed by atoms with E-state index in [0.29, 0.717) is 16.4 Å². The molecule has 7 heteroatoms. The number of rotatable bonds is 3. The minimum absolute atomic E-state index is 0.0595. The van der Waals surface area contributed by atoms with Crippen molar-refractivity contribution in [2.45, 2.75) is 0 Å². The van der Waals surface area contributed by atoms with Gasteiger partial charge in [-0.15, -0.1) is 11.3 Å². The van der Waals surface area contributed by atoms with Crippen LogP contribution in [0.2, 0.25) is 0 Å². The molecule has 0 saturated carbocycles. The molecule has 0 spiro atoms. The number of hydrogen-bond donors (Lipinski definition) is 1. The van der Waals surface area contributed by atoms with E-state index in [9.17, 15) is 14.3 Å². The van der Waals surface area contributed by atoms with Crippen LogP contribution in [0.1, 0.15) is 10.4 Å². The monoisotopic (exact) mass is 289 g/mol. The molecule has 0 bridgehead atoms. The highest BCUT2D eigenvalue weighted by Crippen LogP contribution is 2.25. The molecule has 0 aliphatic heterocycles. The van der Waals surface area contributed by atoms with Crippen LogP contribution in [-0.4, -0.2) is 25.8 Å². The highest BCUT2D eigenvalue weighted by molar-refractivity contribution is 7.13. The van der Waals surface area contributed by atoms with Gasteiger partial charge >= 0.3 is 5.97 Å². The van der Waals surface area contributed by atoms with Crippen LogP contribution in [0.5, 0.6) is 0 Å². The van der Waals surface area contributed by atoms with Crippen molar-refractivity contribution in [1.29, 1.82) is 0 Å². The van der Waals surface area contributed by atoms with E-state index in [4.69, 9.17) is 0 Å². The Hall–Kier alpha value is -2.54. The fourth-order valence-corrected chi connectivity index (χ4v) is 2.39. The lowest BCUT2D eigenvalue weighted by molar-refractivity contribution is 0.0697. The summed E-state index contributed by atoms with van der Waals surface area (Å²) in [6, 6.07) is 5.64. The quantitative estimate of drug-likeness (QED) is 0.805. The molecule has 3 aromatic rings. The summed E-state index contributed by atoms with van der Waals surface area (Å²) in [6.07, 6.45) is 2.98. The van der Waals surface area contributed by atoms with Gasteiger partial charge in [-0.25, -0.2) is 18.9 Å². The Kier molecular flexibility index (Phi) is 3.03. The number of carboxylic acid groups (broad SMARTS) is 1. The molecular formula is C13H8FN3O2S. The zero-order chi connectivity index (χ0) is 14.1. The molecule has 0 amide bonds. The van der Waals surface area contributed by atoms with Crippen LogP contribution in [0.15, 0.2) is 42.0 Å². The molecule has 100 valence electrons. The first-order valence-corrected chi connectivity index (χ1v) is 6.52. The summed E-state index contributed by atoms with van der Waals surface area (Å²) in [5, 5.41) is 15.7. The van der Waals surface area contributed by atoms with E-state index in [-0.39, 0.29) is 11.4 Å². The molecule has 3 rings (SSSR count). The van der Waals surface area contributed by atoms with E-state index in [0.717, 1.165) is 0 Å². The molecule has 0 aliphatic carbocycles. The van der Waals surface area contributed by atoms with Crippen molar-refractivity contribution in [3.63, 3.8) is 0 Å². The van der Waals surface area contributed by atoms with Crippen molar-refractivity contribution in [3.8, 4) is 16.4 Å². The van der Waals surface area contributed by atoms with Gasteiger partial charge in [-0.2, -0.15) is 5.10 Å². The lowest BCUT2D eigenvalue weighted by atomic mass is 10.2. The van der Waals surface area contributed by atoms with Gasteiger partial charge in [0, 0.05) is 17.8 Å². The minimum atomic E-state index is -1.08. The SMILES string of the molecule is O=C(O)c1cn(-c2ccc(F)cc2)nc1-c1nccs1. The van der Waals surface area contributed by atoms with Crippen molar-refractivity contribution >= 4 is 17.3 Å². The Bertz CT molecular complexity index is 751. The Balaban J connectivity index is 2.12. The number of carboxylic acids is 1. The molecule has 20 heavy (non-hydrogen) atoms. The van der Waals surface area contributed by atoms with Crippen LogP contribution in [0.4, 0.5) is 4.39 Å². The summed E-state index contributed by atoms with van der Waals surface area (Å²) in [5.41, 5.74) is 0.942. The van der Waals surface area contributed by atoms with E-state index < -0.39 is 5.97 Å². The van der Waals surface area contributed by atoms with Crippen LogP contribution < -0.4 is 0 Å². The molecule has 1 N–H and O–H groups in total. The molecule has 0 unspecified atom stereocenters. The number of carbonyl (C=O) groups is 1. The van der Waals surface area contributed by atoms with Gasteiger partial charge < -0.3 is 5.11 Å². The summed E-state index contributed by atoms with van der Waals surface area (Å²) in [6.45, 7) is 0. The molecule has 1 aromatic carbocycles. The minimum Gasteiger partial charge on any atom is -0.478 e. The van der Waals surface area contributed by atoms with Gasteiger partial charge in [-0.3, -0.25) is 0 Å². The zero-order valence-corrected chi connectivity index (χ0v) is 10.8. The van der Waals surface area contributed by atoms with E-state index in [2.05, 4.69) is 10.1 Å². The standard InChI is InChI=1S/C13H8FN3O2S/c14-8-1-3-9(4-2-8)17-7-10(13(18)19)11(16-17)12-15-5-6-20-12/h1-7H,(H,18,19). The van der Waals surface area contributed by atoms with Crippen molar-refractivity contribution < 1.29 is 14.3 Å². The van der Waals surface area contributed by atoms with E-state index in [1.165, 1.54) is 46.5 Å². The lowest BCUT2D eigenvalue weighted by Crippen LogP contribution is -1.96. The van der Waals surface area contributed by atoms with Crippen molar-refractivity contribution in [2.75, 3.05) is 0 Å². The van der Waals surface area contributed by atoms with Gasteiger partial charge in [0.25, 0.3) is 0 Å². The number of halogens is 1. The first-order valence-electron chi connectivity index (χ1n) is 5.64. The maximum atomic E-state index is 12.9. The van der Waals surface area contributed by atoms with Gasteiger partial charge in [0.2, 0.25) is 0 Å². The fourth-order valence-electron chi connectivity index (χ4n) is 1.75. The van der Waals surface area contributed by atoms with Crippen LogP contribution in [0.3, 0.4) is 0 Å². The normalized spacial score (nSPS) is 10.7. The van der Waals surface area contributed by atoms with E-state index in [1.54, 1.807) is 11.6 Å². The van der Waals surface area contributed by atoms with Crippen molar-refractivity contribution in [3.05, 3.63) is 53.4 Å². The van der Waals surface area contributed by atoms with Gasteiger partial charge in [0.15, 0.2) is 0 Å². The first-order chi connectivity index (χ1) is 9.65. The summed E-state index contributed by atoms with van der Waals surface area (Å²) in [7, 11) is 0. The Morgan fingerprint density at radius 3 is 2.65 bits per heavy atom. The fraction of sp³-hybridized carbons (Fsp3) is 0. The lowest BCUT2D eigenvalue weighted by Gasteiger charge is -1.99. The van der Waals surface area contributed by atoms with Gasteiger partial charge in [-0.05, 0) is 24.3 Å². The molecular weight excluding hydrogens is 281 g/mol. The number of benzene rings is 1. The van der Waals surface area contributed by atoms with E-state index in [1.807, 2.05) is 0 Å². The summed E-state index contributed by atoms with van der Waals surface area (Å²) in [4.78, 5) is 15.3. The summed E-state index contributed by atoms with van der Waals surface area (Å²) < 4.78 is 14.3. The second-order valence-electron chi connectivity index (χ2n) is 3.95. The average Bonchev–Trinajstić information content (AvgIpc) is 3.08. The smallest absolute Gasteiger partial charge is 0.339 e. The molecule has 0 fully saturated rings.